The molecule has 0 saturated heterocycles. The molecule has 3 aromatic rings. The summed E-state index contributed by atoms with van der Waals surface area (Å²) in [5, 5.41) is 10.9. The Hall–Kier alpha value is -3.42. The average Bonchev–Trinajstić information content (AvgIpc) is 3.00. The van der Waals surface area contributed by atoms with Crippen LogP contribution in [0.25, 0.3) is 0 Å². The quantitative estimate of drug-likeness (QED) is 0.553. The summed E-state index contributed by atoms with van der Waals surface area (Å²) in [7, 11) is 1.99. The van der Waals surface area contributed by atoms with Gasteiger partial charge < -0.3 is 19.6 Å². The zero-order chi connectivity index (χ0) is 25.1. The minimum Gasteiger partial charge on any atom is -0.487 e. The number of benzene rings is 2. The van der Waals surface area contributed by atoms with Crippen molar-refractivity contribution in [3.63, 3.8) is 0 Å². The Balaban J connectivity index is 1.22. The minimum absolute atomic E-state index is 0.0517. The summed E-state index contributed by atoms with van der Waals surface area (Å²) in [6.07, 6.45) is 2.22. The number of amides is 1. The van der Waals surface area contributed by atoms with Crippen molar-refractivity contribution in [3.8, 4) is 5.75 Å². The van der Waals surface area contributed by atoms with Gasteiger partial charge in [0.05, 0.1) is 23.0 Å². The summed E-state index contributed by atoms with van der Waals surface area (Å²) in [6, 6.07) is 18.1. The SMILES string of the molecule is Cc1ccc(COc2ccc3c(c2)N(C)CCN(CC(O)CN2CCc4ccccc4C2)C3=O)nc1. The van der Waals surface area contributed by atoms with Gasteiger partial charge in [0.25, 0.3) is 5.91 Å². The largest absolute Gasteiger partial charge is 0.487 e. The van der Waals surface area contributed by atoms with Crippen molar-refractivity contribution >= 4 is 11.6 Å². The lowest BCUT2D eigenvalue weighted by Crippen LogP contribution is -2.44. The Labute approximate surface area is 212 Å². The molecule has 1 aromatic heterocycles. The third-order valence-electron chi connectivity index (χ3n) is 7.07. The summed E-state index contributed by atoms with van der Waals surface area (Å²) in [5.74, 6) is 0.652. The molecule has 0 radical (unpaired) electrons. The van der Waals surface area contributed by atoms with Crippen LogP contribution in [0.5, 0.6) is 5.75 Å². The summed E-state index contributed by atoms with van der Waals surface area (Å²) in [5.41, 5.74) is 6.17. The predicted octanol–water partition coefficient (Wildman–Crippen LogP) is 3.28. The number of carbonyl (C=O) groups excluding carboxylic acids is 1. The smallest absolute Gasteiger partial charge is 0.256 e. The van der Waals surface area contributed by atoms with Gasteiger partial charge in [-0.2, -0.15) is 0 Å². The normalized spacial score (nSPS) is 16.8. The number of pyridine rings is 1. The van der Waals surface area contributed by atoms with Crippen LogP contribution in [0.4, 0.5) is 5.69 Å². The number of likely N-dealkylation sites (N-methyl/N-ethyl adjacent to an activating group) is 1. The van der Waals surface area contributed by atoms with Crippen LogP contribution in [0.1, 0.15) is 32.7 Å². The van der Waals surface area contributed by atoms with Crippen LogP contribution in [0.2, 0.25) is 0 Å². The number of aliphatic hydroxyl groups is 1. The zero-order valence-electron chi connectivity index (χ0n) is 21.1. The second-order valence-electron chi connectivity index (χ2n) is 9.87. The fourth-order valence-electron chi connectivity index (χ4n) is 5.00. The molecule has 2 aliphatic rings. The van der Waals surface area contributed by atoms with Crippen LogP contribution in [-0.2, 0) is 19.6 Å². The Bertz CT molecular complexity index is 1210. The van der Waals surface area contributed by atoms with E-state index in [2.05, 4.69) is 39.0 Å². The molecule has 188 valence electrons. The van der Waals surface area contributed by atoms with Crippen molar-refractivity contribution in [2.24, 2.45) is 0 Å². The van der Waals surface area contributed by atoms with Gasteiger partial charge in [0.15, 0.2) is 0 Å². The van der Waals surface area contributed by atoms with Crippen LogP contribution >= 0.6 is 0 Å². The zero-order valence-corrected chi connectivity index (χ0v) is 21.1. The van der Waals surface area contributed by atoms with E-state index in [-0.39, 0.29) is 5.91 Å². The molecular formula is C29H34N4O3. The first-order valence-corrected chi connectivity index (χ1v) is 12.6. The monoisotopic (exact) mass is 486 g/mol. The summed E-state index contributed by atoms with van der Waals surface area (Å²) < 4.78 is 5.96. The molecule has 0 aliphatic carbocycles. The molecule has 2 aromatic carbocycles. The Morgan fingerprint density at radius 1 is 1.03 bits per heavy atom. The molecule has 3 heterocycles. The van der Waals surface area contributed by atoms with Gasteiger partial charge in [-0.25, -0.2) is 0 Å². The maximum Gasteiger partial charge on any atom is 0.256 e. The number of β-amino-alcohol motifs (C(OH)–C–C–N with tert-alkyl or cyclic N) is 1. The van der Waals surface area contributed by atoms with Crippen molar-refractivity contribution in [3.05, 3.63) is 88.7 Å². The summed E-state index contributed by atoms with van der Waals surface area (Å²) in [6.45, 7) is 6.27. The first kappa shape index (κ1) is 24.3. The second kappa shape index (κ2) is 10.7. The molecule has 36 heavy (non-hydrogen) atoms. The first-order chi connectivity index (χ1) is 17.5. The molecule has 5 rings (SSSR count). The van der Waals surface area contributed by atoms with Gasteiger partial charge in [0.1, 0.15) is 12.4 Å². The molecule has 1 N–H and O–H groups in total. The highest BCUT2D eigenvalue weighted by atomic mass is 16.5. The molecule has 0 spiro atoms. The number of nitrogens with zero attached hydrogens (tertiary/aromatic N) is 4. The lowest BCUT2D eigenvalue weighted by atomic mass is 10.00. The van der Waals surface area contributed by atoms with Crippen LogP contribution in [0, 0.1) is 6.92 Å². The molecule has 0 saturated carbocycles. The van der Waals surface area contributed by atoms with Gasteiger partial charge >= 0.3 is 0 Å². The Morgan fingerprint density at radius 2 is 1.86 bits per heavy atom. The van der Waals surface area contributed by atoms with E-state index < -0.39 is 6.10 Å². The molecule has 7 nitrogen and oxygen atoms in total. The molecule has 0 bridgehead atoms. The number of fused-ring (bicyclic) bond motifs is 2. The fraction of sp³-hybridized carbons (Fsp3) is 0.379. The first-order valence-electron chi connectivity index (χ1n) is 12.6. The molecule has 1 atom stereocenters. The van der Waals surface area contributed by atoms with Crippen LogP contribution < -0.4 is 9.64 Å². The van der Waals surface area contributed by atoms with Gasteiger partial charge in [-0.3, -0.25) is 14.7 Å². The number of hydrogen-bond acceptors (Lipinski definition) is 6. The molecule has 1 unspecified atom stereocenters. The van der Waals surface area contributed by atoms with E-state index in [4.69, 9.17) is 4.74 Å². The highest BCUT2D eigenvalue weighted by Gasteiger charge is 2.28. The van der Waals surface area contributed by atoms with Crippen molar-refractivity contribution in [2.45, 2.75) is 32.6 Å². The van der Waals surface area contributed by atoms with E-state index in [1.807, 2.05) is 50.5 Å². The summed E-state index contributed by atoms with van der Waals surface area (Å²) >= 11 is 0. The third kappa shape index (κ3) is 5.53. The number of aryl methyl sites for hydroxylation is 1. The van der Waals surface area contributed by atoms with Crippen molar-refractivity contribution in [1.29, 1.82) is 0 Å². The maximum atomic E-state index is 13.4. The van der Waals surface area contributed by atoms with Gasteiger partial charge in [0.2, 0.25) is 0 Å². The van der Waals surface area contributed by atoms with Crippen molar-refractivity contribution < 1.29 is 14.6 Å². The molecular weight excluding hydrogens is 452 g/mol. The number of aromatic nitrogens is 1. The highest BCUT2D eigenvalue weighted by molar-refractivity contribution is 6.00. The van der Waals surface area contributed by atoms with Crippen LogP contribution in [0.15, 0.2) is 60.8 Å². The number of rotatable bonds is 7. The molecule has 7 heteroatoms. The standard InChI is InChI=1S/C29H34N4O3/c1-21-7-8-24(30-16-21)20-36-26-9-10-27-28(15-26)31(2)13-14-33(29(27)35)19-25(34)18-32-12-11-22-5-3-4-6-23(22)17-32/h3-10,15-16,25,34H,11-14,17-20H2,1-2H3. The van der Waals surface area contributed by atoms with Crippen molar-refractivity contribution in [1.82, 2.24) is 14.8 Å². The Kier molecular flexibility index (Phi) is 7.20. The van der Waals surface area contributed by atoms with E-state index in [1.54, 1.807) is 4.90 Å². The van der Waals surface area contributed by atoms with E-state index in [0.717, 1.165) is 36.5 Å². The number of hydrogen-bond donors (Lipinski definition) is 1. The van der Waals surface area contributed by atoms with Gasteiger partial charge in [-0.05, 0) is 48.2 Å². The van der Waals surface area contributed by atoms with Crippen LogP contribution in [0.3, 0.4) is 0 Å². The average molecular weight is 487 g/mol. The third-order valence-corrected chi connectivity index (χ3v) is 7.07. The lowest BCUT2D eigenvalue weighted by molar-refractivity contribution is 0.0521. The van der Waals surface area contributed by atoms with E-state index in [9.17, 15) is 9.90 Å². The molecule has 0 fully saturated rings. The Morgan fingerprint density at radius 3 is 2.67 bits per heavy atom. The van der Waals surface area contributed by atoms with Gasteiger partial charge in [-0.1, -0.05) is 30.3 Å². The minimum atomic E-state index is -0.601. The number of anilines is 1. The highest BCUT2D eigenvalue weighted by Crippen LogP contribution is 2.29. The summed E-state index contributed by atoms with van der Waals surface area (Å²) in [4.78, 5) is 24.0. The maximum absolute atomic E-state index is 13.4. The van der Waals surface area contributed by atoms with Gasteiger partial charge in [0, 0.05) is 58.6 Å². The fourth-order valence-corrected chi connectivity index (χ4v) is 5.00. The topological polar surface area (TPSA) is 69.1 Å². The lowest BCUT2D eigenvalue weighted by Gasteiger charge is -2.32. The second-order valence-corrected chi connectivity index (χ2v) is 9.87. The number of aliphatic hydroxyl groups excluding tert-OH is 1. The predicted molar refractivity (Wildman–Crippen MR) is 140 cm³/mol. The van der Waals surface area contributed by atoms with Crippen molar-refractivity contribution in [2.75, 3.05) is 44.7 Å². The number of ether oxygens (including phenoxy) is 1. The molecule has 2 aliphatic heterocycles. The number of carbonyl (C=O) groups is 1. The van der Waals surface area contributed by atoms with E-state index in [0.29, 0.717) is 44.1 Å². The van der Waals surface area contributed by atoms with E-state index >= 15 is 0 Å². The van der Waals surface area contributed by atoms with E-state index in [1.165, 1.54) is 11.1 Å². The van der Waals surface area contributed by atoms with Crippen LogP contribution in [-0.4, -0.2) is 71.7 Å². The van der Waals surface area contributed by atoms with Gasteiger partial charge in [-0.15, -0.1) is 0 Å². The molecule has 1 amide bonds.